The van der Waals surface area contributed by atoms with E-state index in [0.29, 0.717) is 27.1 Å². The molecule has 2 heterocycles. The molecule has 0 aliphatic heterocycles. The lowest BCUT2D eigenvalue weighted by atomic mass is 10.2. The molecule has 0 radical (unpaired) electrons. The number of ether oxygens (including phenoxy) is 1. The van der Waals surface area contributed by atoms with Crippen LogP contribution in [0.4, 0.5) is 18.9 Å². The first-order chi connectivity index (χ1) is 12.2. The van der Waals surface area contributed by atoms with Crippen molar-refractivity contribution in [3.63, 3.8) is 0 Å². The topological polar surface area (TPSA) is 89.3 Å². The van der Waals surface area contributed by atoms with Crippen LogP contribution in [0.25, 0.3) is 11.0 Å². The SMILES string of the molecule is Cc1ncnc2c1c(NCc1ccc(OC(F)(F)F)cc1)cc(=O)n2O. The van der Waals surface area contributed by atoms with Crippen molar-refractivity contribution in [1.29, 1.82) is 0 Å². The molecule has 3 rings (SSSR count). The molecule has 26 heavy (non-hydrogen) atoms. The average molecular weight is 366 g/mol. The van der Waals surface area contributed by atoms with Gasteiger partial charge in [0, 0.05) is 12.6 Å². The normalized spacial score (nSPS) is 11.5. The molecule has 0 bridgehead atoms. The fraction of sp³-hybridized carbons (Fsp3) is 0.188. The standard InChI is InChI=1S/C16H13F3N4O3/c1-9-14-12(6-13(24)23(25)15(14)22-8-21-9)20-7-10-2-4-11(5-3-10)26-16(17,18)19/h2-6,8,20,25H,7H2,1H3. The summed E-state index contributed by atoms with van der Waals surface area (Å²) in [5, 5.41) is 13.3. The highest BCUT2D eigenvalue weighted by atomic mass is 19.4. The monoisotopic (exact) mass is 366 g/mol. The molecule has 0 aliphatic carbocycles. The van der Waals surface area contributed by atoms with E-state index in [9.17, 15) is 23.2 Å². The van der Waals surface area contributed by atoms with E-state index in [1.165, 1.54) is 36.7 Å². The van der Waals surface area contributed by atoms with E-state index < -0.39 is 11.9 Å². The molecular formula is C16H13F3N4O3. The van der Waals surface area contributed by atoms with E-state index in [0.717, 1.165) is 0 Å². The van der Waals surface area contributed by atoms with E-state index in [1.54, 1.807) is 6.92 Å². The predicted octanol–water partition coefficient (Wildman–Crippen LogP) is 2.85. The van der Waals surface area contributed by atoms with Gasteiger partial charge in [0.05, 0.1) is 16.8 Å². The van der Waals surface area contributed by atoms with Gasteiger partial charge in [-0.2, -0.15) is 0 Å². The minimum Gasteiger partial charge on any atom is -0.423 e. The lowest BCUT2D eigenvalue weighted by molar-refractivity contribution is -0.274. The van der Waals surface area contributed by atoms with Crippen molar-refractivity contribution in [2.75, 3.05) is 5.32 Å². The van der Waals surface area contributed by atoms with Gasteiger partial charge in [0.25, 0.3) is 5.56 Å². The maximum Gasteiger partial charge on any atom is 0.573 e. The second kappa shape index (κ2) is 6.54. The molecule has 2 aromatic heterocycles. The number of halogens is 3. The van der Waals surface area contributed by atoms with E-state index in [-0.39, 0.29) is 17.9 Å². The van der Waals surface area contributed by atoms with Crippen LogP contribution < -0.4 is 15.6 Å². The summed E-state index contributed by atoms with van der Waals surface area (Å²) in [5.41, 5.74) is 1.00. The largest absolute Gasteiger partial charge is 0.573 e. The Hall–Kier alpha value is -3.30. The number of nitrogens with zero attached hydrogens (tertiary/aromatic N) is 3. The number of rotatable bonds is 4. The van der Waals surface area contributed by atoms with Gasteiger partial charge in [-0.3, -0.25) is 4.79 Å². The molecule has 1 aromatic carbocycles. The molecular weight excluding hydrogens is 353 g/mol. The summed E-state index contributed by atoms with van der Waals surface area (Å²) in [6.45, 7) is 1.92. The first-order valence-electron chi connectivity index (χ1n) is 7.40. The molecule has 0 unspecified atom stereocenters. The number of benzene rings is 1. The first kappa shape index (κ1) is 17.5. The summed E-state index contributed by atoms with van der Waals surface area (Å²) in [7, 11) is 0. The summed E-state index contributed by atoms with van der Waals surface area (Å²) in [6, 6.07) is 6.52. The summed E-state index contributed by atoms with van der Waals surface area (Å²) < 4.78 is 40.8. The summed E-state index contributed by atoms with van der Waals surface area (Å²) in [6.07, 6.45) is -3.52. The van der Waals surface area contributed by atoms with Crippen LogP contribution in [-0.4, -0.2) is 26.3 Å². The highest BCUT2D eigenvalue weighted by Crippen LogP contribution is 2.24. The molecule has 136 valence electrons. The Kier molecular flexibility index (Phi) is 4.41. The molecule has 2 N–H and O–H groups in total. The highest BCUT2D eigenvalue weighted by Gasteiger charge is 2.30. The summed E-state index contributed by atoms with van der Waals surface area (Å²) >= 11 is 0. The fourth-order valence-corrected chi connectivity index (χ4v) is 2.44. The van der Waals surface area contributed by atoms with Crippen molar-refractivity contribution >= 4 is 16.7 Å². The van der Waals surface area contributed by atoms with Gasteiger partial charge in [0.2, 0.25) is 0 Å². The van der Waals surface area contributed by atoms with Crippen LogP contribution in [0.15, 0.2) is 41.5 Å². The third-order valence-electron chi connectivity index (χ3n) is 3.60. The second-order valence-corrected chi connectivity index (χ2v) is 5.41. The molecule has 3 aromatic rings. The highest BCUT2D eigenvalue weighted by molar-refractivity contribution is 5.90. The van der Waals surface area contributed by atoms with Crippen LogP contribution in [0.3, 0.4) is 0 Å². The van der Waals surface area contributed by atoms with Crippen LogP contribution in [-0.2, 0) is 6.54 Å². The van der Waals surface area contributed by atoms with Crippen molar-refractivity contribution in [3.05, 3.63) is 58.3 Å². The lowest BCUT2D eigenvalue weighted by Crippen LogP contribution is -2.20. The molecule has 10 heteroatoms. The Bertz CT molecular complexity index is 1000. The third-order valence-corrected chi connectivity index (χ3v) is 3.60. The zero-order valence-electron chi connectivity index (χ0n) is 13.4. The van der Waals surface area contributed by atoms with E-state index >= 15 is 0 Å². The van der Waals surface area contributed by atoms with Crippen LogP contribution >= 0.6 is 0 Å². The number of hydrogen-bond donors (Lipinski definition) is 2. The zero-order valence-corrected chi connectivity index (χ0v) is 13.4. The first-order valence-corrected chi connectivity index (χ1v) is 7.40. The summed E-state index contributed by atoms with van der Waals surface area (Å²) in [5.74, 6) is -0.321. The number of alkyl halides is 3. The van der Waals surface area contributed by atoms with Crippen molar-refractivity contribution in [1.82, 2.24) is 14.7 Å². The molecule has 7 nitrogen and oxygen atoms in total. The van der Waals surface area contributed by atoms with Gasteiger partial charge in [-0.25, -0.2) is 9.97 Å². The Morgan fingerprint density at radius 2 is 1.92 bits per heavy atom. The quantitative estimate of drug-likeness (QED) is 0.690. The molecule has 0 fully saturated rings. The minimum absolute atomic E-state index is 0.0569. The van der Waals surface area contributed by atoms with Crippen molar-refractivity contribution in [3.8, 4) is 5.75 Å². The zero-order chi connectivity index (χ0) is 18.9. The molecule has 0 atom stereocenters. The Morgan fingerprint density at radius 3 is 2.58 bits per heavy atom. The van der Waals surface area contributed by atoms with Crippen LogP contribution in [0.2, 0.25) is 0 Å². The maximum absolute atomic E-state index is 12.2. The third kappa shape index (κ3) is 3.68. The number of pyridine rings is 1. The fourth-order valence-electron chi connectivity index (χ4n) is 2.44. The molecule has 0 aliphatic rings. The van der Waals surface area contributed by atoms with Crippen LogP contribution in [0, 0.1) is 6.92 Å². The van der Waals surface area contributed by atoms with Gasteiger partial charge in [-0.15, -0.1) is 17.9 Å². The Morgan fingerprint density at radius 1 is 1.23 bits per heavy atom. The summed E-state index contributed by atoms with van der Waals surface area (Å²) in [4.78, 5) is 19.8. The second-order valence-electron chi connectivity index (χ2n) is 5.41. The number of anilines is 1. The molecule has 0 spiro atoms. The van der Waals surface area contributed by atoms with Gasteiger partial charge in [-0.1, -0.05) is 12.1 Å². The van der Waals surface area contributed by atoms with Gasteiger partial charge in [-0.05, 0) is 24.6 Å². The number of aryl methyl sites for hydroxylation is 1. The van der Waals surface area contributed by atoms with E-state index in [1.807, 2.05) is 0 Å². The lowest BCUT2D eigenvalue weighted by Gasteiger charge is -2.13. The predicted molar refractivity (Wildman–Crippen MR) is 86.2 cm³/mol. The Labute approximate surface area is 144 Å². The molecule has 0 saturated heterocycles. The Balaban J connectivity index is 1.84. The van der Waals surface area contributed by atoms with Gasteiger partial charge >= 0.3 is 6.36 Å². The van der Waals surface area contributed by atoms with Gasteiger partial charge < -0.3 is 15.3 Å². The number of nitrogens with one attached hydrogen (secondary N) is 1. The van der Waals surface area contributed by atoms with Gasteiger partial charge in [0.1, 0.15) is 12.1 Å². The van der Waals surface area contributed by atoms with Crippen molar-refractivity contribution in [2.45, 2.75) is 19.8 Å². The van der Waals surface area contributed by atoms with Crippen LogP contribution in [0.5, 0.6) is 5.75 Å². The molecule has 0 amide bonds. The van der Waals surface area contributed by atoms with E-state index in [4.69, 9.17) is 0 Å². The average Bonchev–Trinajstić information content (AvgIpc) is 2.57. The molecule has 0 saturated carbocycles. The van der Waals surface area contributed by atoms with Crippen LogP contribution in [0.1, 0.15) is 11.3 Å². The van der Waals surface area contributed by atoms with Crippen molar-refractivity contribution < 1.29 is 23.1 Å². The maximum atomic E-state index is 12.2. The number of aromatic nitrogens is 3. The van der Waals surface area contributed by atoms with Crippen molar-refractivity contribution in [2.24, 2.45) is 0 Å². The van der Waals surface area contributed by atoms with E-state index in [2.05, 4.69) is 20.0 Å². The number of fused-ring (bicyclic) bond motifs is 1. The smallest absolute Gasteiger partial charge is 0.423 e. The number of hydrogen-bond acceptors (Lipinski definition) is 6. The van der Waals surface area contributed by atoms with Gasteiger partial charge in [0.15, 0.2) is 5.65 Å². The minimum atomic E-state index is -4.75.